The molecule has 0 bridgehead atoms. The number of ether oxygens (including phenoxy) is 4. The Hall–Kier alpha value is -1.41. The Morgan fingerprint density at radius 1 is 1.23 bits per heavy atom. The van der Waals surface area contributed by atoms with E-state index in [9.17, 15) is 4.79 Å². The number of nitrogens with one attached hydrogen (secondary N) is 1. The van der Waals surface area contributed by atoms with Crippen LogP contribution in [0.25, 0.3) is 0 Å². The van der Waals surface area contributed by atoms with Crippen LogP contribution >= 0.6 is 0 Å². The third kappa shape index (κ3) is 6.78. The van der Waals surface area contributed by atoms with E-state index in [1.165, 1.54) is 11.1 Å². The van der Waals surface area contributed by atoms with Crippen LogP contribution in [0.5, 0.6) is 0 Å². The second-order valence-corrected chi connectivity index (χ2v) is 9.56. The van der Waals surface area contributed by atoms with E-state index in [1.807, 2.05) is 27.0 Å². The van der Waals surface area contributed by atoms with E-state index >= 15 is 0 Å². The number of hydrogen-bond acceptors (Lipinski definition) is 6. The van der Waals surface area contributed by atoms with Gasteiger partial charge in [-0.15, -0.1) is 0 Å². The Bertz CT molecular complexity index is 663. The summed E-state index contributed by atoms with van der Waals surface area (Å²) >= 11 is 0. The molecule has 0 saturated carbocycles. The number of methoxy groups -OCH3 is 1. The van der Waals surface area contributed by atoms with Crippen molar-refractivity contribution in [2.45, 2.75) is 65.5 Å². The van der Waals surface area contributed by atoms with Crippen LogP contribution in [0.2, 0.25) is 0 Å². The van der Waals surface area contributed by atoms with Crippen LogP contribution in [-0.4, -0.2) is 76.2 Å². The molecule has 1 N–H and O–H groups in total. The molecule has 0 unspecified atom stereocenters. The van der Waals surface area contributed by atoms with Crippen LogP contribution < -0.4 is 5.32 Å². The minimum absolute atomic E-state index is 0.0683. The van der Waals surface area contributed by atoms with Crippen molar-refractivity contribution in [3.63, 3.8) is 0 Å². The molecule has 0 aromatic heterocycles. The van der Waals surface area contributed by atoms with Crippen molar-refractivity contribution in [3.05, 3.63) is 23.1 Å². The fraction of sp³-hybridized carbons (Fsp3) is 0.792. The van der Waals surface area contributed by atoms with Gasteiger partial charge in [0.15, 0.2) is 5.88 Å². The highest BCUT2D eigenvalue weighted by Crippen LogP contribution is 2.35. The maximum absolute atomic E-state index is 13.2. The number of carbonyl (C=O) groups is 1. The maximum atomic E-state index is 13.2. The summed E-state index contributed by atoms with van der Waals surface area (Å²) in [7, 11) is 3.69. The third-order valence-corrected chi connectivity index (χ3v) is 6.52. The first kappa shape index (κ1) is 25.8. The highest BCUT2D eigenvalue weighted by molar-refractivity contribution is 5.86. The summed E-state index contributed by atoms with van der Waals surface area (Å²) < 4.78 is 22.3. The lowest BCUT2D eigenvalue weighted by Crippen LogP contribution is -2.57. The minimum atomic E-state index is -0.667. The van der Waals surface area contributed by atoms with Gasteiger partial charge in [-0.2, -0.15) is 0 Å². The van der Waals surface area contributed by atoms with Gasteiger partial charge in [0.1, 0.15) is 6.61 Å². The number of nitrogens with zero attached hydrogens (tertiary/aromatic N) is 1. The smallest absolute Gasteiger partial charge is 0.246 e. The summed E-state index contributed by atoms with van der Waals surface area (Å²) in [6.45, 7) is 14.1. The van der Waals surface area contributed by atoms with Gasteiger partial charge in [0.05, 0.1) is 25.4 Å². The van der Waals surface area contributed by atoms with E-state index in [1.54, 1.807) is 7.11 Å². The number of amides is 1. The fourth-order valence-electron chi connectivity index (χ4n) is 4.06. The zero-order valence-electron chi connectivity index (χ0n) is 20.5. The van der Waals surface area contributed by atoms with Crippen molar-refractivity contribution >= 4 is 5.91 Å². The topological polar surface area (TPSA) is 69.3 Å². The molecule has 1 saturated heterocycles. The molecule has 0 aromatic rings. The number of rotatable bonds is 11. The predicted octanol–water partition coefficient (Wildman–Crippen LogP) is 3.26. The third-order valence-electron chi connectivity index (χ3n) is 6.52. The maximum Gasteiger partial charge on any atom is 0.246 e. The lowest BCUT2D eigenvalue weighted by atomic mass is 9.80. The average molecular weight is 439 g/mol. The molecule has 1 amide bonds. The van der Waals surface area contributed by atoms with Crippen LogP contribution in [0.1, 0.15) is 53.9 Å². The number of hydrogen-bond donors (Lipinski definition) is 1. The highest BCUT2D eigenvalue weighted by Gasteiger charge is 2.38. The van der Waals surface area contributed by atoms with Gasteiger partial charge in [-0.25, -0.2) is 0 Å². The highest BCUT2D eigenvalue weighted by atomic mass is 16.5. The van der Waals surface area contributed by atoms with Gasteiger partial charge in [0.25, 0.3) is 0 Å². The molecular formula is C24H42N2O5. The lowest BCUT2D eigenvalue weighted by molar-refractivity contribution is -0.133. The van der Waals surface area contributed by atoms with Crippen LogP contribution in [-0.2, 0) is 23.7 Å². The van der Waals surface area contributed by atoms with Crippen LogP contribution in [0.15, 0.2) is 23.1 Å². The van der Waals surface area contributed by atoms with Gasteiger partial charge in [0.2, 0.25) is 5.91 Å². The number of likely N-dealkylation sites (N-methyl/N-ethyl adjacent to an activating group) is 1. The van der Waals surface area contributed by atoms with Gasteiger partial charge in [-0.1, -0.05) is 20.8 Å². The molecule has 0 atom stereocenters. The van der Waals surface area contributed by atoms with Gasteiger partial charge < -0.3 is 18.9 Å². The molecule has 31 heavy (non-hydrogen) atoms. The minimum Gasteiger partial charge on any atom is -0.474 e. The summed E-state index contributed by atoms with van der Waals surface area (Å²) in [6.07, 6.45) is 4.75. The van der Waals surface area contributed by atoms with Gasteiger partial charge in [-0.05, 0) is 51.3 Å². The SMILES string of the molecule is CCC1=C(C(C)(C)COCCOC)C=C(NC(=O)C(C)(C)N(C)C2CCOCC2)OC1. The molecule has 0 aliphatic carbocycles. The van der Waals surface area contributed by atoms with Crippen molar-refractivity contribution in [3.8, 4) is 0 Å². The Balaban J connectivity index is 2.10. The zero-order chi connectivity index (χ0) is 23.1. The van der Waals surface area contributed by atoms with Gasteiger partial charge >= 0.3 is 0 Å². The normalized spacial score (nSPS) is 18.8. The molecule has 2 aliphatic rings. The van der Waals surface area contributed by atoms with E-state index in [2.05, 4.69) is 31.0 Å². The molecule has 7 heteroatoms. The lowest BCUT2D eigenvalue weighted by Gasteiger charge is -2.41. The largest absolute Gasteiger partial charge is 0.474 e. The van der Waals surface area contributed by atoms with Crippen molar-refractivity contribution in [2.24, 2.45) is 5.41 Å². The first-order valence-electron chi connectivity index (χ1n) is 11.4. The Kier molecular flexibility index (Phi) is 9.55. The van der Waals surface area contributed by atoms with E-state index in [4.69, 9.17) is 18.9 Å². The number of carbonyl (C=O) groups excluding carboxylic acids is 1. The number of allylic oxidation sites excluding steroid dienone is 1. The zero-order valence-corrected chi connectivity index (χ0v) is 20.5. The molecule has 2 rings (SSSR count). The fourth-order valence-corrected chi connectivity index (χ4v) is 4.06. The van der Waals surface area contributed by atoms with Crippen LogP contribution in [0.4, 0.5) is 0 Å². The molecule has 0 aromatic carbocycles. The quantitative estimate of drug-likeness (QED) is 0.500. The molecule has 0 radical (unpaired) electrons. The molecule has 0 spiro atoms. The second-order valence-electron chi connectivity index (χ2n) is 9.56. The molecule has 178 valence electrons. The Morgan fingerprint density at radius 2 is 1.90 bits per heavy atom. The van der Waals surface area contributed by atoms with E-state index < -0.39 is 5.54 Å². The molecule has 2 aliphatic heterocycles. The van der Waals surface area contributed by atoms with Gasteiger partial charge in [0, 0.05) is 37.9 Å². The molecule has 2 heterocycles. The molecule has 1 fully saturated rings. The molecular weight excluding hydrogens is 396 g/mol. The predicted molar refractivity (Wildman–Crippen MR) is 122 cm³/mol. The van der Waals surface area contributed by atoms with Crippen molar-refractivity contribution in [2.75, 3.05) is 53.8 Å². The second kappa shape index (κ2) is 11.5. The Morgan fingerprint density at radius 3 is 2.52 bits per heavy atom. The summed E-state index contributed by atoms with van der Waals surface area (Å²) in [5, 5.41) is 3.03. The summed E-state index contributed by atoms with van der Waals surface area (Å²) in [5.74, 6) is 0.441. The van der Waals surface area contributed by atoms with E-state index in [0.29, 0.717) is 38.4 Å². The van der Waals surface area contributed by atoms with Crippen molar-refractivity contribution < 1.29 is 23.7 Å². The Labute approximate surface area is 188 Å². The van der Waals surface area contributed by atoms with Crippen LogP contribution in [0.3, 0.4) is 0 Å². The summed E-state index contributed by atoms with van der Waals surface area (Å²) in [4.78, 5) is 15.4. The monoisotopic (exact) mass is 438 g/mol. The summed E-state index contributed by atoms with van der Waals surface area (Å²) in [5.41, 5.74) is 1.54. The van der Waals surface area contributed by atoms with Crippen molar-refractivity contribution in [1.82, 2.24) is 10.2 Å². The van der Waals surface area contributed by atoms with Crippen LogP contribution in [0, 0.1) is 5.41 Å². The van der Waals surface area contributed by atoms with E-state index in [0.717, 1.165) is 32.5 Å². The van der Waals surface area contributed by atoms with Gasteiger partial charge in [-0.3, -0.25) is 15.0 Å². The van der Waals surface area contributed by atoms with E-state index in [-0.39, 0.29) is 11.3 Å². The first-order valence-corrected chi connectivity index (χ1v) is 11.4. The standard InChI is InChI=1S/C24H42N2O5/c1-8-18-16-31-21(15-20(18)23(2,3)17-30-14-13-28-7)25-22(27)24(4,5)26(6)19-9-11-29-12-10-19/h15,19H,8-14,16-17H2,1-7H3,(H,25,27). The first-order chi connectivity index (χ1) is 14.6. The summed E-state index contributed by atoms with van der Waals surface area (Å²) in [6, 6.07) is 0.334. The van der Waals surface area contributed by atoms with Crippen molar-refractivity contribution in [1.29, 1.82) is 0 Å². The molecule has 7 nitrogen and oxygen atoms in total. The average Bonchev–Trinajstić information content (AvgIpc) is 2.76.